The van der Waals surface area contributed by atoms with Gasteiger partial charge in [0.25, 0.3) is 0 Å². The van der Waals surface area contributed by atoms with Crippen LogP contribution in [0.5, 0.6) is 0 Å². The molecule has 1 aromatic rings. The number of hydrogen-bond acceptors (Lipinski definition) is 4. The fraction of sp³-hybridized carbons (Fsp3) is 0.774. The van der Waals surface area contributed by atoms with E-state index in [9.17, 15) is 15.0 Å². The van der Waals surface area contributed by atoms with Gasteiger partial charge in [0.15, 0.2) is 0 Å². The van der Waals surface area contributed by atoms with Gasteiger partial charge in [0.05, 0.1) is 17.9 Å². The molecular formula is C31H49NO3S. The molecular weight excluding hydrogens is 466 g/mol. The molecule has 4 rings (SSSR count). The maximum Gasteiger partial charge on any atom is 0.224 e. The highest BCUT2D eigenvalue weighted by Gasteiger charge is 2.61. The third-order valence-corrected chi connectivity index (χ3v) is 11.5. The number of thiol groups is 1. The molecule has 9 atom stereocenters. The molecule has 0 spiro atoms. The van der Waals surface area contributed by atoms with Crippen molar-refractivity contribution in [2.24, 2.45) is 46.3 Å². The number of nitrogens with one attached hydrogen (secondary N) is 1. The first-order valence-corrected chi connectivity index (χ1v) is 14.9. The maximum absolute atomic E-state index is 12.7. The van der Waals surface area contributed by atoms with E-state index in [4.69, 9.17) is 0 Å². The fourth-order valence-corrected chi connectivity index (χ4v) is 9.09. The molecule has 1 aromatic carbocycles. The standard InChI is InChI=1S/C31H49NO3S/c1-6-21(33)17-20-18-26(34)29-23(30(20,3)4)15-16-31(5)22(12-13-24(29)31)19(2)11-14-28(35)32-25-9-7-8-10-27(25)36/h7-10,19-24,26,29,33-34,36H,6,11-18H2,1-5H3,(H,32,35)/t19-,20+,21-,22-,23+,24+,26+,29-,31-/m1/s1. The molecule has 3 fully saturated rings. The molecule has 1 amide bonds. The highest BCUT2D eigenvalue weighted by molar-refractivity contribution is 7.80. The summed E-state index contributed by atoms with van der Waals surface area (Å²) >= 11 is 4.45. The SMILES string of the molecule is CC[C@@H](O)C[C@H]1C[C@H](O)[C@@H]2[C@H](CC[C@]3(C)[C@@H]([C@H](C)CCC(=O)Nc4ccccc4S)CC[C@@H]23)C1(C)C. The van der Waals surface area contributed by atoms with E-state index in [0.717, 1.165) is 36.3 Å². The Morgan fingerprint density at radius 2 is 1.89 bits per heavy atom. The molecule has 0 radical (unpaired) electrons. The Hall–Kier alpha value is -1.04. The van der Waals surface area contributed by atoms with Crippen LogP contribution in [0.2, 0.25) is 0 Å². The average Bonchev–Trinajstić information content (AvgIpc) is 3.19. The molecule has 0 saturated heterocycles. The van der Waals surface area contributed by atoms with Crippen LogP contribution in [0.25, 0.3) is 0 Å². The molecule has 0 unspecified atom stereocenters. The van der Waals surface area contributed by atoms with Crippen LogP contribution in [0, 0.1) is 46.3 Å². The van der Waals surface area contributed by atoms with Gasteiger partial charge in [0.2, 0.25) is 5.91 Å². The summed E-state index contributed by atoms with van der Waals surface area (Å²) in [6.45, 7) is 11.7. The monoisotopic (exact) mass is 515 g/mol. The predicted octanol–water partition coefficient (Wildman–Crippen LogP) is 6.96. The molecule has 36 heavy (non-hydrogen) atoms. The summed E-state index contributed by atoms with van der Waals surface area (Å²) in [5.74, 6) is 2.97. The Balaban J connectivity index is 1.41. The molecule has 5 heteroatoms. The Morgan fingerprint density at radius 1 is 1.17 bits per heavy atom. The minimum absolute atomic E-state index is 0.0662. The van der Waals surface area contributed by atoms with Crippen LogP contribution >= 0.6 is 12.6 Å². The van der Waals surface area contributed by atoms with Gasteiger partial charge in [-0.1, -0.05) is 46.8 Å². The van der Waals surface area contributed by atoms with Gasteiger partial charge in [-0.05, 0) is 110 Å². The van der Waals surface area contributed by atoms with Gasteiger partial charge in [-0.2, -0.15) is 0 Å². The van der Waals surface area contributed by atoms with Crippen LogP contribution in [-0.2, 0) is 4.79 Å². The molecule has 3 aliphatic rings. The second-order valence-electron chi connectivity index (χ2n) is 13.2. The van der Waals surface area contributed by atoms with E-state index in [2.05, 4.69) is 52.6 Å². The second-order valence-corrected chi connectivity index (χ2v) is 13.7. The zero-order valence-corrected chi connectivity index (χ0v) is 23.9. The van der Waals surface area contributed by atoms with E-state index in [1.807, 2.05) is 24.3 Å². The number of rotatable bonds is 8. The summed E-state index contributed by atoms with van der Waals surface area (Å²) in [6, 6.07) is 7.63. The molecule has 4 nitrogen and oxygen atoms in total. The summed E-state index contributed by atoms with van der Waals surface area (Å²) in [5.41, 5.74) is 1.16. The lowest BCUT2D eigenvalue weighted by Gasteiger charge is -2.60. The van der Waals surface area contributed by atoms with Crippen LogP contribution in [0.3, 0.4) is 0 Å². The Bertz CT molecular complexity index is 919. The Morgan fingerprint density at radius 3 is 2.58 bits per heavy atom. The van der Waals surface area contributed by atoms with Crippen LogP contribution in [-0.4, -0.2) is 28.3 Å². The number of aliphatic hydroxyl groups is 2. The molecule has 3 saturated carbocycles. The van der Waals surface area contributed by atoms with Crippen molar-refractivity contribution in [3.05, 3.63) is 24.3 Å². The third kappa shape index (κ3) is 5.27. The van der Waals surface area contributed by atoms with Crippen LogP contribution in [0.15, 0.2) is 29.2 Å². The highest BCUT2D eigenvalue weighted by Crippen LogP contribution is 2.67. The van der Waals surface area contributed by atoms with Crippen LogP contribution in [0.4, 0.5) is 5.69 Å². The maximum atomic E-state index is 12.7. The first kappa shape index (κ1) is 28.0. The second kappa shape index (κ2) is 11.0. The predicted molar refractivity (Wildman–Crippen MR) is 150 cm³/mol. The first-order valence-electron chi connectivity index (χ1n) is 14.4. The van der Waals surface area contributed by atoms with E-state index in [-0.39, 0.29) is 28.9 Å². The van der Waals surface area contributed by atoms with Gasteiger partial charge in [0, 0.05) is 11.3 Å². The van der Waals surface area contributed by atoms with Crippen molar-refractivity contribution in [2.45, 2.75) is 110 Å². The third-order valence-electron chi connectivity index (χ3n) is 11.1. The number of aliphatic hydroxyl groups excluding tert-OH is 2. The van der Waals surface area contributed by atoms with Crippen molar-refractivity contribution in [3.8, 4) is 0 Å². The summed E-state index contributed by atoms with van der Waals surface area (Å²) < 4.78 is 0. The van der Waals surface area contributed by atoms with Gasteiger partial charge >= 0.3 is 0 Å². The Labute approximate surface area is 224 Å². The molecule has 0 aliphatic heterocycles. The summed E-state index contributed by atoms with van der Waals surface area (Å²) in [5, 5.41) is 24.9. The Kier molecular flexibility index (Phi) is 8.54. The van der Waals surface area contributed by atoms with Crippen LogP contribution in [0.1, 0.15) is 92.4 Å². The van der Waals surface area contributed by atoms with Crippen molar-refractivity contribution in [3.63, 3.8) is 0 Å². The van der Waals surface area contributed by atoms with Crippen molar-refractivity contribution in [1.29, 1.82) is 0 Å². The summed E-state index contributed by atoms with van der Waals surface area (Å²) in [4.78, 5) is 13.5. The van der Waals surface area contributed by atoms with Gasteiger partial charge in [-0.3, -0.25) is 4.79 Å². The molecule has 202 valence electrons. The number of hydrogen-bond donors (Lipinski definition) is 4. The van der Waals surface area contributed by atoms with Crippen molar-refractivity contribution < 1.29 is 15.0 Å². The van der Waals surface area contributed by atoms with E-state index >= 15 is 0 Å². The smallest absolute Gasteiger partial charge is 0.224 e. The van der Waals surface area contributed by atoms with Crippen molar-refractivity contribution >= 4 is 24.2 Å². The summed E-state index contributed by atoms with van der Waals surface area (Å²) in [6.07, 6.45) is 8.11. The number of amides is 1. The lowest BCUT2D eigenvalue weighted by Crippen LogP contribution is -2.56. The number of benzene rings is 1. The van der Waals surface area contributed by atoms with Gasteiger partial charge < -0.3 is 15.5 Å². The zero-order chi connectivity index (χ0) is 26.3. The van der Waals surface area contributed by atoms with Gasteiger partial charge in [0.1, 0.15) is 0 Å². The first-order chi connectivity index (χ1) is 17.0. The lowest BCUT2D eigenvalue weighted by molar-refractivity contribution is -0.153. The van der Waals surface area contributed by atoms with Crippen molar-refractivity contribution in [1.82, 2.24) is 0 Å². The van der Waals surface area contributed by atoms with E-state index in [0.29, 0.717) is 41.9 Å². The van der Waals surface area contributed by atoms with Crippen molar-refractivity contribution in [2.75, 3.05) is 5.32 Å². The van der Waals surface area contributed by atoms with E-state index in [1.54, 1.807) is 0 Å². The minimum Gasteiger partial charge on any atom is -0.393 e. The van der Waals surface area contributed by atoms with E-state index in [1.165, 1.54) is 25.7 Å². The molecule has 3 N–H and O–H groups in total. The normalized spacial score (nSPS) is 37.0. The zero-order valence-electron chi connectivity index (χ0n) is 23.0. The minimum atomic E-state index is -0.262. The fourth-order valence-electron chi connectivity index (χ4n) is 8.88. The van der Waals surface area contributed by atoms with Gasteiger partial charge in [-0.15, -0.1) is 12.6 Å². The molecule has 0 heterocycles. The average molecular weight is 516 g/mol. The number of fused-ring (bicyclic) bond motifs is 3. The number of carbonyl (C=O) groups excluding carboxylic acids is 1. The number of para-hydroxylation sites is 1. The number of anilines is 1. The number of carbonyl (C=O) groups is 1. The molecule has 0 bridgehead atoms. The molecule has 3 aliphatic carbocycles. The lowest BCUT2D eigenvalue weighted by atomic mass is 9.46. The highest BCUT2D eigenvalue weighted by atomic mass is 32.1. The van der Waals surface area contributed by atoms with Gasteiger partial charge in [-0.25, -0.2) is 0 Å². The van der Waals surface area contributed by atoms with E-state index < -0.39 is 0 Å². The molecule has 0 aromatic heterocycles. The quantitative estimate of drug-likeness (QED) is 0.283. The van der Waals surface area contributed by atoms with Crippen LogP contribution < -0.4 is 5.32 Å². The largest absolute Gasteiger partial charge is 0.393 e. The summed E-state index contributed by atoms with van der Waals surface area (Å²) in [7, 11) is 0. The topological polar surface area (TPSA) is 69.6 Å².